The topological polar surface area (TPSA) is 62.6 Å². The monoisotopic (exact) mass is 442 g/mol. The van der Waals surface area contributed by atoms with Gasteiger partial charge in [-0.15, -0.1) is 0 Å². The molecule has 2 heterocycles. The number of rotatable bonds is 3. The average molecular weight is 443 g/mol. The van der Waals surface area contributed by atoms with E-state index in [2.05, 4.69) is 5.32 Å². The second-order valence-corrected chi connectivity index (χ2v) is 7.40. The number of nitrogens with one attached hydrogen (secondary N) is 1. The highest BCUT2D eigenvalue weighted by molar-refractivity contribution is 7.80. The number of nitrogens with zero attached hydrogens (tertiary/aromatic N) is 1. The van der Waals surface area contributed by atoms with Crippen LogP contribution in [-0.2, 0) is 9.59 Å². The van der Waals surface area contributed by atoms with Gasteiger partial charge < -0.3 is 4.42 Å². The van der Waals surface area contributed by atoms with Crippen LogP contribution in [0.5, 0.6) is 0 Å². The van der Waals surface area contributed by atoms with Crippen molar-refractivity contribution < 1.29 is 14.0 Å². The Balaban J connectivity index is 1.66. The highest BCUT2D eigenvalue weighted by Crippen LogP contribution is 2.27. The van der Waals surface area contributed by atoms with Crippen LogP contribution in [0, 0.1) is 0 Å². The Morgan fingerprint density at radius 2 is 1.52 bits per heavy atom. The first-order valence-electron chi connectivity index (χ1n) is 8.45. The van der Waals surface area contributed by atoms with Gasteiger partial charge in [-0.3, -0.25) is 19.8 Å². The van der Waals surface area contributed by atoms with E-state index in [9.17, 15) is 9.59 Å². The number of carbonyl (C=O) groups excluding carboxylic acids is 2. The van der Waals surface area contributed by atoms with E-state index >= 15 is 0 Å². The molecule has 1 saturated heterocycles. The molecule has 1 aromatic heterocycles. The van der Waals surface area contributed by atoms with Crippen molar-refractivity contribution >= 4 is 64.1 Å². The summed E-state index contributed by atoms with van der Waals surface area (Å²) in [5.74, 6) is -0.195. The van der Waals surface area contributed by atoms with Crippen molar-refractivity contribution in [2.45, 2.75) is 0 Å². The summed E-state index contributed by atoms with van der Waals surface area (Å²) in [5, 5.41) is 3.67. The zero-order valence-corrected chi connectivity index (χ0v) is 17.0. The number of carbonyl (C=O) groups is 2. The summed E-state index contributed by atoms with van der Waals surface area (Å²) < 4.78 is 5.77. The molecule has 2 amide bonds. The van der Waals surface area contributed by atoms with Gasteiger partial charge in [-0.2, -0.15) is 0 Å². The predicted molar refractivity (Wildman–Crippen MR) is 117 cm³/mol. The van der Waals surface area contributed by atoms with Gasteiger partial charge in [0, 0.05) is 15.6 Å². The molecule has 3 aromatic rings. The summed E-state index contributed by atoms with van der Waals surface area (Å²) >= 11 is 17.0. The lowest BCUT2D eigenvalue weighted by Crippen LogP contribution is -2.54. The first kappa shape index (κ1) is 19.4. The third kappa shape index (κ3) is 3.96. The van der Waals surface area contributed by atoms with Gasteiger partial charge in [0.25, 0.3) is 11.8 Å². The van der Waals surface area contributed by atoms with Gasteiger partial charge in [0.05, 0.1) is 5.69 Å². The van der Waals surface area contributed by atoms with Gasteiger partial charge in [0.1, 0.15) is 17.1 Å². The molecule has 4 rings (SSSR count). The maximum absolute atomic E-state index is 13.0. The minimum Gasteiger partial charge on any atom is -0.457 e. The van der Waals surface area contributed by atoms with Crippen molar-refractivity contribution in [2.75, 3.05) is 4.90 Å². The summed E-state index contributed by atoms with van der Waals surface area (Å²) in [6, 6.07) is 17.1. The quantitative estimate of drug-likeness (QED) is 0.348. The molecule has 2 aromatic carbocycles. The molecule has 0 unspecified atom stereocenters. The van der Waals surface area contributed by atoms with Crippen molar-refractivity contribution in [1.29, 1.82) is 0 Å². The molecule has 1 aliphatic rings. The van der Waals surface area contributed by atoms with Gasteiger partial charge >= 0.3 is 0 Å². The van der Waals surface area contributed by atoms with Crippen LogP contribution in [0.1, 0.15) is 5.76 Å². The number of furan rings is 1. The fraction of sp³-hybridized carbons (Fsp3) is 0. The van der Waals surface area contributed by atoms with E-state index in [-0.39, 0.29) is 10.7 Å². The normalized spacial score (nSPS) is 15.7. The molecular formula is C21H12Cl2N2O3S. The highest BCUT2D eigenvalue weighted by Gasteiger charge is 2.34. The molecule has 0 saturated carbocycles. The Bertz CT molecular complexity index is 1150. The number of hydrogen-bond donors (Lipinski definition) is 1. The van der Waals surface area contributed by atoms with Crippen molar-refractivity contribution in [2.24, 2.45) is 0 Å². The Labute approximate surface area is 181 Å². The summed E-state index contributed by atoms with van der Waals surface area (Å²) in [6.07, 6.45) is 1.39. The van der Waals surface area contributed by atoms with Gasteiger partial charge in [-0.1, -0.05) is 23.2 Å². The number of thiocarbonyl (C=S) groups is 1. The largest absolute Gasteiger partial charge is 0.457 e. The van der Waals surface area contributed by atoms with Crippen molar-refractivity contribution in [1.82, 2.24) is 5.32 Å². The third-order valence-electron chi connectivity index (χ3n) is 4.23. The molecule has 1 N–H and O–H groups in total. The van der Waals surface area contributed by atoms with Crippen LogP contribution < -0.4 is 10.2 Å². The lowest BCUT2D eigenvalue weighted by Gasteiger charge is -2.28. The molecule has 1 fully saturated rings. The summed E-state index contributed by atoms with van der Waals surface area (Å²) in [5.41, 5.74) is 1.23. The van der Waals surface area contributed by atoms with E-state index in [1.165, 1.54) is 11.0 Å². The molecule has 5 nitrogen and oxygen atoms in total. The first-order chi connectivity index (χ1) is 13.9. The molecule has 0 aliphatic carbocycles. The van der Waals surface area contributed by atoms with Crippen LogP contribution in [0.4, 0.5) is 5.69 Å². The van der Waals surface area contributed by atoms with Gasteiger partial charge in [-0.25, -0.2) is 0 Å². The summed E-state index contributed by atoms with van der Waals surface area (Å²) in [4.78, 5) is 26.6. The van der Waals surface area contributed by atoms with Crippen LogP contribution in [0.3, 0.4) is 0 Å². The zero-order valence-electron chi connectivity index (χ0n) is 14.7. The van der Waals surface area contributed by atoms with Gasteiger partial charge in [0.2, 0.25) is 0 Å². The number of anilines is 1. The number of halogens is 2. The smallest absolute Gasteiger partial charge is 0.270 e. The molecule has 8 heteroatoms. The van der Waals surface area contributed by atoms with E-state index in [4.69, 9.17) is 39.8 Å². The first-order valence-corrected chi connectivity index (χ1v) is 9.61. The lowest BCUT2D eigenvalue weighted by atomic mass is 10.1. The van der Waals surface area contributed by atoms with E-state index in [1.807, 2.05) is 12.1 Å². The maximum atomic E-state index is 13.0. The van der Waals surface area contributed by atoms with Gasteiger partial charge in [0.15, 0.2) is 5.11 Å². The van der Waals surface area contributed by atoms with Crippen LogP contribution >= 0.6 is 35.4 Å². The fourth-order valence-corrected chi connectivity index (χ4v) is 3.36. The van der Waals surface area contributed by atoms with Gasteiger partial charge in [-0.05, 0) is 79.0 Å². The third-order valence-corrected chi connectivity index (χ3v) is 5.02. The Kier molecular flexibility index (Phi) is 5.24. The molecule has 0 bridgehead atoms. The minimum atomic E-state index is -0.588. The van der Waals surface area contributed by atoms with Crippen LogP contribution in [-0.4, -0.2) is 16.9 Å². The summed E-state index contributed by atoms with van der Waals surface area (Å²) in [7, 11) is 0. The molecular weight excluding hydrogens is 431 g/mol. The molecule has 144 valence electrons. The second-order valence-electron chi connectivity index (χ2n) is 6.14. The van der Waals surface area contributed by atoms with E-state index in [1.54, 1.807) is 48.5 Å². The molecule has 0 radical (unpaired) electrons. The minimum absolute atomic E-state index is 0.000714. The van der Waals surface area contributed by atoms with E-state index in [0.717, 1.165) is 5.56 Å². The van der Waals surface area contributed by atoms with Crippen LogP contribution in [0.2, 0.25) is 10.0 Å². The lowest BCUT2D eigenvalue weighted by molar-refractivity contribution is -0.122. The maximum Gasteiger partial charge on any atom is 0.270 e. The Morgan fingerprint density at radius 1 is 0.897 bits per heavy atom. The van der Waals surface area contributed by atoms with Crippen molar-refractivity contribution in [3.63, 3.8) is 0 Å². The number of amides is 2. The standard InChI is InChI=1S/C21H12Cl2N2O3S/c22-13-3-1-12(2-4-13)18-10-9-16(28-18)11-17-19(26)24-21(29)25(20(17)27)15-7-5-14(23)6-8-15/h1-11H,(H,24,26,29)/b17-11+. The predicted octanol–water partition coefficient (Wildman–Crippen LogP) is 5.08. The van der Waals surface area contributed by atoms with E-state index in [0.29, 0.717) is 27.3 Å². The molecule has 0 atom stereocenters. The van der Waals surface area contributed by atoms with E-state index < -0.39 is 11.8 Å². The SMILES string of the molecule is O=C1NC(=S)N(c2ccc(Cl)cc2)C(=O)/C1=C/c1ccc(-c2ccc(Cl)cc2)o1. The summed E-state index contributed by atoms with van der Waals surface area (Å²) in [6.45, 7) is 0. The van der Waals surface area contributed by atoms with Crippen molar-refractivity contribution in [3.05, 3.63) is 82.0 Å². The number of hydrogen-bond acceptors (Lipinski definition) is 4. The second kappa shape index (κ2) is 7.83. The molecule has 1 aliphatic heterocycles. The van der Waals surface area contributed by atoms with Crippen molar-refractivity contribution in [3.8, 4) is 11.3 Å². The molecule has 29 heavy (non-hydrogen) atoms. The Morgan fingerprint density at radius 3 is 2.17 bits per heavy atom. The highest BCUT2D eigenvalue weighted by atomic mass is 35.5. The fourth-order valence-electron chi connectivity index (χ4n) is 2.82. The number of benzene rings is 2. The Hall–Kier alpha value is -2.93. The van der Waals surface area contributed by atoms with Crippen LogP contribution in [0.25, 0.3) is 17.4 Å². The average Bonchev–Trinajstić information content (AvgIpc) is 3.16. The zero-order chi connectivity index (χ0) is 20.5. The van der Waals surface area contributed by atoms with Crippen LogP contribution in [0.15, 0.2) is 70.7 Å². The molecule has 0 spiro atoms.